The first-order valence-corrected chi connectivity index (χ1v) is 5.89. The van der Waals surface area contributed by atoms with Gasteiger partial charge in [0, 0.05) is 12.5 Å². The molecule has 4 heteroatoms. The van der Waals surface area contributed by atoms with Crippen molar-refractivity contribution in [1.29, 1.82) is 0 Å². The van der Waals surface area contributed by atoms with Crippen LogP contribution in [0.25, 0.3) is 0 Å². The van der Waals surface area contributed by atoms with Gasteiger partial charge in [-0.3, -0.25) is 0 Å². The van der Waals surface area contributed by atoms with E-state index in [1.807, 2.05) is 12.4 Å². The summed E-state index contributed by atoms with van der Waals surface area (Å²) in [6.07, 6.45) is 2.98. The van der Waals surface area contributed by atoms with Gasteiger partial charge in [-0.1, -0.05) is 27.7 Å². The maximum atomic E-state index is 11.4. The summed E-state index contributed by atoms with van der Waals surface area (Å²) >= 11 is 0. The first-order chi connectivity index (χ1) is 7.35. The molecule has 0 fully saturated rings. The summed E-state index contributed by atoms with van der Waals surface area (Å²) in [5, 5.41) is 9.36. The molecule has 1 N–H and O–H groups in total. The van der Waals surface area contributed by atoms with E-state index in [1.54, 1.807) is 0 Å². The van der Waals surface area contributed by atoms with E-state index < -0.39 is 6.09 Å². The van der Waals surface area contributed by atoms with Crippen LogP contribution in [0.3, 0.4) is 0 Å². The average molecular weight is 227 g/mol. The second kappa shape index (κ2) is 4.87. The van der Waals surface area contributed by atoms with Gasteiger partial charge in [-0.15, -0.1) is 0 Å². The Morgan fingerprint density at radius 3 is 2.44 bits per heavy atom. The molecule has 0 aromatic heterocycles. The standard InChI is InChI=1S/C12H22N2O2/c1-10(2)7-13-5-6-14(9-13,12(15)16)8-11(3)4/h5-6,10-11H,7-9H2,1-4H3/p+1. The summed E-state index contributed by atoms with van der Waals surface area (Å²) in [6, 6.07) is 0. The number of nitrogens with zero attached hydrogens (tertiary/aromatic N) is 2. The monoisotopic (exact) mass is 227 g/mol. The molecule has 1 unspecified atom stereocenters. The van der Waals surface area contributed by atoms with E-state index in [2.05, 4.69) is 32.6 Å². The lowest BCUT2D eigenvalue weighted by Gasteiger charge is -2.29. The molecule has 1 amide bonds. The Labute approximate surface area is 97.7 Å². The first kappa shape index (κ1) is 13.0. The number of carboxylic acid groups (broad SMARTS) is 1. The van der Waals surface area contributed by atoms with Crippen molar-refractivity contribution in [3.05, 3.63) is 12.4 Å². The fraction of sp³-hybridized carbons (Fsp3) is 0.750. The molecule has 0 saturated carbocycles. The van der Waals surface area contributed by atoms with E-state index >= 15 is 0 Å². The van der Waals surface area contributed by atoms with Crippen molar-refractivity contribution in [3.63, 3.8) is 0 Å². The fourth-order valence-corrected chi connectivity index (χ4v) is 2.20. The molecule has 1 heterocycles. The largest absolute Gasteiger partial charge is 0.519 e. The summed E-state index contributed by atoms with van der Waals surface area (Å²) < 4.78 is 0.0460. The van der Waals surface area contributed by atoms with Crippen LogP contribution in [0.4, 0.5) is 4.79 Å². The van der Waals surface area contributed by atoms with Crippen LogP contribution in [-0.2, 0) is 0 Å². The molecule has 92 valence electrons. The molecule has 0 bridgehead atoms. The predicted octanol–water partition coefficient (Wildman–Crippen LogP) is 2.54. The summed E-state index contributed by atoms with van der Waals surface area (Å²) in [4.78, 5) is 13.5. The molecule has 0 aliphatic carbocycles. The van der Waals surface area contributed by atoms with E-state index in [-0.39, 0.29) is 4.48 Å². The molecule has 1 aliphatic heterocycles. The highest BCUT2D eigenvalue weighted by molar-refractivity contribution is 5.57. The normalized spacial score (nSPS) is 24.8. The summed E-state index contributed by atoms with van der Waals surface area (Å²) in [5.41, 5.74) is 0. The Hall–Kier alpha value is -1.03. The highest BCUT2D eigenvalue weighted by Gasteiger charge is 2.40. The van der Waals surface area contributed by atoms with Crippen LogP contribution in [0.2, 0.25) is 0 Å². The van der Waals surface area contributed by atoms with Gasteiger partial charge in [0.25, 0.3) is 0 Å². The predicted molar refractivity (Wildman–Crippen MR) is 63.5 cm³/mol. The van der Waals surface area contributed by atoms with Crippen LogP contribution in [0, 0.1) is 11.8 Å². The second-order valence-electron chi connectivity index (χ2n) is 5.50. The average Bonchev–Trinajstić information content (AvgIpc) is 2.47. The topological polar surface area (TPSA) is 40.5 Å². The van der Waals surface area contributed by atoms with Crippen LogP contribution < -0.4 is 0 Å². The van der Waals surface area contributed by atoms with Crippen molar-refractivity contribution < 1.29 is 14.4 Å². The quantitative estimate of drug-likeness (QED) is 0.750. The van der Waals surface area contributed by atoms with Gasteiger partial charge in [-0.25, -0.2) is 0 Å². The Morgan fingerprint density at radius 2 is 2.00 bits per heavy atom. The summed E-state index contributed by atoms with van der Waals surface area (Å²) in [7, 11) is 0. The van der Waals surface area contributed by atoms with Gasteiger partial charge in [0.15, 0.2) is 6.67 Å². The lowest BCUT2D eigenvalue weighted by molar-refractivity contribution is -0.811. The number of hydrogen-bond acceptors (Lipinski definition) is 2. The zero-order chi connectivity index (χ0) is 12.3. The number of carbonyl (C=O) groups is 1. The van der Waals surface area contributed by atoms with E-state index in [9.17, 15) is 9.90 Å². The van der Waals surface area contributed by atoms with Crippen LogP contribution in [0.5, 0.6) is 0 Å². The molecule has 0 aromatic rings. The van der Waals surface area contributed by atoms with Crippen LogP contribution >= 0.6 is 0 Å². The Bertz CT molecular complexity index is 287. The van der Waals surface area contributed by atoms with Crippen LogP contribution in [0.1, 0.15) is 27.7 Å². The first-order valence-electron chi connectivity index (χ1n) is 5.89. The zero-order valence-corrected chi connectivity index (χ0v) is 10.7. The van der Waals surface area contributed by atoms with Gasteiger partial charge in [0.2, 0.25) is 0 Å². The van der Waals surface area contributed by atoms with Crippen LogP contribution in [0.15, 0.2) is 12.4 Å². The highest BCUT2D eigenvalue weighted by Crippen LogP contribution is 2.22. The van der Waals surface area contributed by atoms with Gasteiger partial charge in [0.1, 0.15) is 6.20 Å². The Morgan fingerprint density at radius 1 is 1.38 bits per heavy atom. The smallest absolute Gasteiger partial charge is 0.435 e. The third-order valence-corrected chi connectivity index (χ3v) is 2.67. The van der Waals surface area contributed by atoms with Gasteiger partial charge < -0.3 is 10.0 Å². The molecule has 0 spiro atoms. The Balaban J connectivity index is 2.70. The second-order valence-corrected chi connectivity index (χ2v) is 5.50. The molecule has 1 aliphatic rings. The molecule has 1 atom stereocenters. The lowest BCUT2D eigenvalue weighted by Crippen LogP contribution is -2.51. The maximum absolute atomic E-state index is 11.4. The van der Waals surface area contributed by atoms with E-state index in [1.165, 1.54) is 0 Å². The Kier molecular flexibility index (Phi) is 3.97. The molecule has 0 saturated heterocycles. The van der Waals surface area contributed by atoms with E-state index in [4.69, 9.17) is 0 Å². The number of quaternary nitrogens is 1. The molecule has 0 aromatic carbocycles. The number of amides is 1. The molecule has 4 nitrogen and oxygen atoms in total. The molecule has 16 heavy (non-hydrogen) atoms. The minimum Gasteiger partial charge on any atom is -0.435 e. The third kappa shape index (κ3) is 2.98. The van der Waals surface area contributed by atoms with Gasteiger partial charge in [-0.05, 0) is 5.92 Å². The van der Waals surface area contributed by atoms with Crippen molar-refractivity contribution in [2.24, 2.45) is 11.8 Å². The van der Waals surface area contributed by atoms with E-state index in [0.29, 0.717) is 25.0 Å². The van der Waals surface area contributed by atoms with Crippen molar-refractivity contribution in [3.8, 4) is 0 Å². The summed E-state index contributed by atoms with van der Waals surface area (Å²) in [6.45, 7) is 10.5. The van der Waals surface area contributed by atoms with Gasteiger partial charge >= 0.3 is 6.09 Å². The minimum atomic E-state index is -0.754. The van der Waals surface area contributed by atoms with Crippen molar-refractivity contribution in [1.82, 2.24) is 4.90 Å². The van der Waals surface area contributed by atoms with Crippen molar-refractivity contribution >= 4 is 6.09 Å². The van der Waals surface area contributed by atoms with E-state index in [0.717, 1.165) is 6.54 Å². The number of rotatable bonds is 4. The summed E-state index contributed by atoms with van der Waals surface area (Å²) in [5.74, 6) is 0.928. The minimum absolute atomic E-state index is 0.0460. The number of hydrogen-bond donors (Lipinski definition) is 1. The molecule has 0 radical (unpaired) electrons. The molecular formula is C12H23N2O2+. The maximum Gasteiger partial charge on any atom is 0.519 e. The molecule has 1 rings (SSSR count). The SMILES string of the molecule is CC(C)CN1C=C[N+](CC(C)C)(C(=O)O)C1. The zero-order valence-electron chi connectivity index (χ0n) is 10.7. The van der Waals surface area contributed by atoms with Gasteiger partial charge in [0.05, 0.1) is 12.7 Å². The van der Waals surface area contributed by atoms with Crippen molar-refractivity contribution in [2.75, 3.05) is 19.8 Å². The van der Waals surface area contributed by atoms with Crippen LogP contribution in [-0.4, -0.2) is 40.3 Å². The van der Waals surface area contributed by atoms with Crippen molar-refractivity contribution in [2.45, 2.75) is 27.7 Å². The lowest BCUT2D eigenvalue weighted by atomic mass is 10.2. The molecular weight excluding hydrogens is 204 g/mol. The fourth-order valence-electron chi connectivity index (χ4n) is 2.20. The van der Waals surface area contributed by atoms with Gasteiger partial charge in [-0.2, -0.15) is 9.28 Å². The third-order valence-electron chi connectivity index (χ3n) is 2.67. The highest BCUT2D eigenvalue weighted by atomic mass is 16.4.